The molecular formula is C19H17ClN4O2. The minimum Gasteiger partial charge on any atom is -0.370 e. The Balaban J connectivity index is 1.58. The normalized spacial score (nSPS) is 17.3. The highest BCUT2D eigenvalue weighted by Gasteiger charge is 2.27. The van der Waals surface area contributed by atoms with E-state index in [9.17, 15) is 4.79 Å². The zero-order valence-electron chi connectivity index (χ0n) is 13.9. The van der Waals surface area contributed by atoms with E-state index in [0.29, 0.717) is 36.1 Å². The van der Waals surface area contributed by atoms with Crippen LogP contribution >= 0.6 is 11.6 Å². The first kappa shape index (κ1) is 16.8. The summed E-state index contributed by atoms with van der Waals surface area (Å²) >= 11 is 5.96. The van der Waals surface area contributed by atoms with E-state index in [2.05, 4.69) is 15.2 Å². The van der Waals surface area contributed by atoms with Crippen LogP contribution in [0.5, 0.6) is 0 Å². The molecule has 1 N–H and O–H groups in total. The highest BCUT2D eigenvalue weighted by Crippen LogP contribution is 2.27. The number of hydrogen-bond acceptors (Lipinski definition) is 4. The molecule has 3 aromatic rings. The first-order chi connectivity index (χ1) is 12.7. The van der Waals surface area contributed by atoms with Crippen molar-refractivity contribution in [1.82, 2.24) is 20.1 Å². The van der Waals surface area contributed by atoms with Crippen molar-refractivity contribution in [2.45, 2.75) is 6.10 Å². The predicted molar refractivity (Wildman–Crippen MR) is 97.9 cm³/mol. The predicted octanol–water partition coefficient (Wildman–Crippen LogP) is 3.34. The van der Waals surface area contributed by atoms with E-state index >= 15 is 0 Å². The lowest BCUT2D eigenvalue weighted by molar-refractivity contribution is -0.0228. The second-order valence-electron chi connectivity index (χ2n) is 6.04. The maximum Gasteiger partial charge on any atom is 0.254 e. The molecule has 2 aromatic carbocycles. The van der Waals surface area contributed by atoms with E-state index in [1.54, 1.807) is 0 Å². The number of hydrogen-bond donors (Lipinski definition) is 1. The number of amides is 1. The first-order valence-corrected chi connectivity index (χ1v) is 8.71. The van der Waals surface area contributed by atoms with Gasteiger partial charge in [-0.15, -0.1) is 0 Å². The first-order valence-electron chi connectivity index (χ1n) is 8.33. The number of ether oxygens (including phenoxy) is 1. The Hall–Kier alpha value is -2.70. The van der Waals surface area contributed by atoms with Gasteiger partial charge >= 0.3 is 0 Å². The smallest absolute Gasteiger partial charge is 0.254 e. The quantitative estimate of drug-likeness (QED) is 0.769. The van der Waals surface area contributed by atoms with Gasteiger partial charge in [0.05, 0.1) is 18.7 Å². The summed E-state index contributed by atoms with van der Waals surface area (Å²) in [6, 6.07) is 14.9. The largest absolute Gasteiger partial charge is 0.370 e. The molecule has 0 spiro atoms. The van der Waals surface area contributed by atoms with Crippen LogP contribution in [0.25, 0.3) is 11.4 Å². The maximum absolute atomic E-state index is 13.1. The lowest BCUT2D eigenvalue weighted by Crippen LogP contribution is -2.42. The van der Waals surface area contributed by atoms with Gasteiger partial charge in [0, 0.05) is 17.1 Å². The Bertz CT molecular complexity index is 896. The second kappa shape index (κ2) is 7.27. The average molecular weight is 369 g/mol. The highest BCUT2D eigenvalue weighted by atomic mass is 35.5. The van der Waals surface area contributed by atoms with Gasteiger partial charge < -0.3 is 9.64 Å². The van der Waals surface area contributed by atoms with E-state index in [0.717, 1.165) is 11.1 Å². The Morgan fingerprint density at radius 3 is 2.77 bits per heavy atom. The molecule has 0 aliphatic carbocycles. The van der Waals surface area contributed by atoms with Gasteiger partial charge in [-0.1, -0.05) is 41.9 Å². The summed E-state index contributed by atoms with van der Waals surface area (Å²) in [5.74, 6) is 0.538. The van der Waals surface area contributed by atoms with E-state index in [-0.39, 0.29) is 12.0 Å². The Morgan fingerprint density at radius 1 is 1.19 bits per heavy atom. The number of aromatic nitrogens is 3. The summed E-state index contributed by atoms with van der Waals surface area (Å²) in [7, 11) is 0. The number of carbonyl (C=O) groups is 1. The molecule has 1 amide bonds. The number of halogens is 1. The molecule has 6 nitrogen and oxygen atoms in total. The van der Waals surface area contributed by atoms with E-state index in [4.69, 9.17) is 16.3 Å². The molecule has 26 heavy (non-hydrogen) atoms. The lowest BCUT2D eigenvalue weighted by Gasteiger charge is -2.33. The van der Waals surface area contributed by atoms with Gasteiger partial charge in [-0.3, -0.25) is 9.89 Å². The highest BCUT2D eigenvalue weighted by molar-refractivity contribution is 6.30. The number of H-pyrrole nitrogens is 1. The summed E-state index contributed by atoms with van der Waals surface area (Å²) in [5, 5.41) is 7.38. The number of benzene rings is 2. The standard InChI is InChI=1S/C19H17ClN4O2/c20-14-7-5-13(6-8-14)17-11-24(9-10-26-17)19(25)16-4-2-1-3-15(16)18-21-12-22-23-18/h1-8,12,17H,9-11H2,(H,21,22,23). The van der Waals surface area contributed by atoms with E-state index < -0.39 is 0 Å². The van der Waals surface area contributed by atoms with Gasteiger partial charge in [0.25, 0.3) is 5.91 Å². The minimum absolute atomic E-state index is 0.0423. The number of morpholine rings is 1. The van der Waals surface area contributed by atoms with Crippen LogP contribution in [0.4, 0.5) is 0 Å². The molecular weight excluding hydrogens is 352 g/mol. The van der Waals surface area contributed by atoms with Crippen molar-refractivity contribution in [3.63, 3.8) is 0 Å². The average Bonchev–Trinajstić information content (AvgIpc) is 3.23. The van der Waals surface area contributed by atoms with Crippen LogP contribution in [0.3, 0.4) is 0 Å². The Morgan fingerprint density at radius 2 is 2.00 bits per heavy atom. The van der Waals surface area contributed by atoms with Gasteiger partial charge in [-0.25, -0.2) is 4.98 Å². The van der Waals surface area contributed by atoms with Crippen molar-refractivity contribution in [3.8, 4) is 11.4 Å². The van der Waals surface area contributed by atoms with Gasteiger partial charge in [0.15, 0.2) is 5.82 Å². The van der Waals surface area contributed by atoms with Crippen molar-refractivity contribution < 1.29 is 9.53 Å². The molecule has 0 saturated carbocycles. The van der Waals surface area contributed by atoms with Crippen molar-refractivity contribution in [1.29, 1.82) is 0 Å². The van der Waals surface area contributed by atoms with Crippen LogP contribution in [-0.2, 0) is 4.74 Å². The van der Waals surface area contributed by atoms with Gasteiger partial charge in [0.2, 0.25) is 0 Å². The summed E-state index contributed by atoms with van der Waals surface area (Å²) in [4.78, 5) is 19.1. The topological polar surface area (TPSA) is 71.1 Å². The molecule has 0 bridgehead atoms. The zero-order valence-corrected chi connectivity index (χ0v) is 14.7. The van der Waals surface area contributed by atoms with Crippen LogP contribution in [0.1, 0.15) is 22.0 Å². The fourth-order valence-corrected chi connectivity index (χ4v) is 3.22. The van der Waals surface area contributed by atoms with Gasteiger partial charge in [-0.05, 0) is 23.8 Å². The molecule has 1 unspecified atom stereocenters. The van der Waals surface area contributed by atoms with Crippen LogP contribution < -0.4 is 0 Å². The fourth-order valence-electron chi connectivity index (χ4n) is 3.09. The molecule has 1 atom stereocenters. The SMILES string of the molecule is O=C(c1ccccc1-c1ncn[nH]1)N1CCOC(c2ccc(Cl)cc2)C1. The summed E-state index contributed by atoms with van der Waals surface area (Å²) in [5.41, 5.74) is 2.35. The fraction of sp³-hybridized carbons (Fsp3) is 0.211. The molecule has 1 aliphatic heterocycles. The number of rotatable bonds is 3. The van der Waals surface area contributed by atoms with Crippen LogP contribution in [0.2, 0.25) is 5.02 Å². The molecule has 2 heterocycles. The lowest BCUT2D eigenvalue weighted by atomic mass is 10.0. The minimum atomic E-state index is -0.164. The zero-order chi connectivity index (χ0) is 17.9. The van der Waals surface area contributed by atoms with E-state index in [1.807, 2.05) is 53.4 Å². The second-order valence-corrected chi connectivity index (χ2v) is 6.48. The molecule has 1 saturated heterocycles. The molecule has 7 heteroatoms. The van der Waals surface area contributed by atoms with Crippen molar-refractivity contribution in [2.75, 3.05) is 19.7 Å². The van der Waals surface area contributed by atoms with Crippen molar-refractivity contribution in [2.24, 2.45) is 0 Å². The van der Waals surface area contributed by atoms with Crippen LogP contribution in [-0.4, -0.2) is 45.7 Å². The molecule has 4 rings (SSSR count). The number of nitrogens with one attached hydrogen (secondary N) is 1. The van der Waals surface area contributed by atoms with E-state index in [1.165, 1.54) is 6.33 Å². The number of carbonyl (C=O) groups excluding carboxylic acids is 1. The Labute approximate surface area is 155 Å². The molecule has 1 aliphatic rings. The number of nitrogens with zero attached hydrogens (tertiary/aromatic N) is 3. The third kappa shape index (κ3) is 3.34. The summed E-state index contributed by atoms with van der Waals surface area (Å²) < 4.78 is 5.86. The van der Waals surface area contributed by atoms with Crippen LogP contribution in [0.15, 0.2) is 54.9 Å². The monoisotopic (exact) mass is 368 g/mol. The van der Waals surface area contributed by atoms with Gasteiger partial charge in [-0.2, -0.15) is 5.10 Å². The van der Waals surface area contributed by atoms with Crippen molar-refractivity contribution in [3.05, 3.63) is 71.0 Å². The number of aromatic amines is 1. The third-order valence-corrected chi connectivity index (χ3v) is 4.68. The molecule has 132 valence electrons. The third-order valence-electron chi connectivity index (χ3n) is 4.42. The molecule has 1 aromatic heterocycles. The van der Waals surface area contributed by atoms with Crippen molar-refractivity contribution >= 4 is 17.5 Å². The molecule has 1 fully saturated rings. The van der Waals surface area contributed by atoms with Gasteiger partial charge in [0.1, 0.15) is 12.4 Å². The van der Waals surface area contributed by atoms with Crippen LogP contribution in [0, 0.1) is 0 Å². The summed E-state index contributed by atoms with van der Waals surface area (Å²) in [6.45, 7) is 1.53. The Kier molecular flexibility index (Phi) is 4.69. The molecule has 0 radical (unpaired) electrons. The summed E-state index contributed by atoms with van der Waals surface area (Å²) in [6.07, 6.45) is 1.27. The maximum atomic E-state index is 13.1.